The first-order valence-corrected chi connectivity index (χ1v) is 5.26. The largest absolute Gasteiger partial charge is 0.453 e. The summed E-state index contributed by atoms with van der Waals surface area (Å²) in [4.78, 5) is 1.44. The molecule has 0 aromatic carbocycles. The van der Waals surface area contributed by atoms with Crippen molar-refractivity contribution in [2.45, 2.75) is 13.0 Å². The van der Waals surface area contributed by atoms with E-state index in [-0.39, 0.29) is 26.2 Å². The predicted molar refractivity (Wildman–Crippen MR) is 54.8 cm³/mol. The summed E-state index contributed by atoms with van der Waals surface area (Å²) in [5.74, 6) is 0.593. The number of furan rings is 1. The summed E-state index contributed by atoms with van der Waals surface area (Å²) in [6.07, 6.45) is -2.41. The highest BCUT2D eigenvalue weighted by molar-refractivity contribution is 9.10. The summed E-state index contributed by atoms with van der Waals surface area (Å²) in [6.45, 7) is -0.0212. The Bertz CT molecular complexity index is 293. The Morgan fingerprint density at radius 1 is 1.47 bits per heavy atom. The van der Waals surface area contributed by atoms with Crippen LogP contribution in [0.4, 0.5) is 8.78 Å². The van der Waals surface area contributed by atoms with E-state index in [1.54, 1.807) is 12.1 Å². The maximum Gasteiger partial charge on any atom is 0.251 e. The number of aliphatic hydroxyl groups excluding tert-OH is 1. The summed E-state index contributed by atoms with van der Waals surface area (Å²) in [5, 5.41) is 8.71. The van der Waals surface area contributed by atoms with Crippen LogP contribution >= 0.6 is 15.9 Å². The molecule has 0 fully saturated rings. The molecule has 6 heteroatoms. The molecule has 1 heterocycles. The molecule has 0 aliphatic rings. The molecule has 1 N–H and O–H groups in total. The van der Waals surface area contributed by atoms with E-state index < -0.39 is 6.43 Å². The molecule has 0 saturated heterocycles. The first-order chi connectivity index (χ1) is 7.11. The number of aliphatic hydroxyl groups is 1. The van der Waals surface area contributed by atoms with Crippen molar-refractivity contribution in [3.63, 3.8) is 0 Å². The Morgan fingerprint density at radius 2 is 2.20 bits per heavy atom. The third kappa shape index (κ3) is 4.72. The quantitative estimate of drug-likeness (QED) is 0.869. The fourth-order valence-electron chi connectivity index (χ4n) is 1.23. The Morgan fingerprint density at radius 3 is 2.67 bits per heavy atom. The molecule has 0 aliphatic heterocycles. The van der Waals surface area contributed by atoms with Crippen molar-refractivity contribution in [2.75, 3.05) is 19.7 Å². The van der Waals surface area contributed by atoms with E-state index in [1.165, 1.54) is 4.90 Å². The summed E-state index contributed by atoms with van der Waals surface area (Å²) in [6, 6.07) is 3.41. The molecule has 0 unspecified atom stereocenters. The predicted octanol–water partition coefficient (Wildman–Crippen LogP) is 2.10. The van der Waals surface area contributed by atoms with Gasteiger partial charge in [-0.1, -0.05) is 0 Å². The minimum absolute atomic E-state index is 0.144. The van der Waals surface area contributed by atoms with Gasteiger partial charge in [-0.05, 0) is 28.1 Å². The highest BCUT2D eigenvalue weighted by atomic mass is 79.9. The van der Waals surface area contributed by atoms with Gasteiger partial charge < -0.3 is 9.52 Å². The zero-order chi connectivity index (χ0) is 11.3. The molecule has 0 atom stereocenters. The molecule has 1 rings (SSSR count). The van der Waals surface area contributed by atoms with Gasteiger partial charge in [-0.25, -0.2) is 8.78 Å². The van der Waals surface area contributed by atoms with Gasteiger partial charge in [0.2, 0.25) is 0 Å². The lowest BCUT2D eigenvalue weighted by Gasteiger charge is -2.19. The van der Waals surface area contributed by atoms with Gasteiger partial charge in [-0.15, -0.1) is 0 Å². The number of nitrogens with zero attached hydrogens (tertiary/aromatic N) is 1. The maximum atomic E-state index is 12.2. The van der Waals surface area contributed by atoms with Crippen molar-refractivity contribution < 1.29 is 18.3 Å². The first kappa shape index (κ1) is 12.6. The number of hydrogen-bond donors (Lipinski definition) is 1. The van der Waals surface area contributed by atoms with Crippen molar-refractivity contribution >= 4 is 15.9 Å². The van der Waals surface area contributed by atoms with Crippen molar-refractivity contribution in [1.29, 1.82) is 0 Å². The second-order valence-electron chi connectivity index (χ2n) is 3.06. The number of halogens is 3. The van der Waals surface area contributed by atoms with E-state index >= 15 is 0 Å². The molecule has 3 nitrogen and oxygen atoms in total. The molecular formula is C9H12BrF2NO2. The lowest BCUT2D eigenvalue weighted by molar-refractivity contribution is 0.0711. The average Bonchev–Trinajstić information content (AvgIpc) is 2.50. The van der Waals surface area contributed by atoms with E-state index in [2.05, 4.69) is 15.9 Å². The molecule has 1 aromatic rings. The van der Waals surface area contributed by atoms with Gasteiger partial charge in [0.1, 0.15) is 5.76 Å². The molecule has 0 radical (unpaired) electrons. The van der Waals surface area contributed by atoms with Gasteiger partial charge in [0.15, 0.2) is 4.67 Å². The topological polar surface area (TPSA) is 36.6 Å². The molecule has 0 amide bonds. The minimum atomic E-state index is -2.41. The molecule has 15 heavy (non-hydrogen) atoms. The van der Waals surface area contributed by atoms with Crippen LogP contribution < -0.4 is 0 Å². The average molecular weight is 284 g/mol. The first-order valence-electron chi connectivity index (χ1n) is 4.47. The molecule has 1 aromatic heterocycles. The number of alkyl halides is 2. The van der Waals surface area contributed by atoms with Gasteiger partial charge in [0.25, 0.3) is 6.43 Å². The van der Waals surface area contributed by atoms with Crippen molar-refractivity contribution in [3.8, 4) is 0 Å². The SMILES string of the molecule is OCCN(Cc1ccc(Br)o1)CC(F)F. The van der Waals surface area contributed by atoms with Crippen LogP contribution in [0, 0.1) is 0 Å². The van der Waals surface area contributed by atoms with Gasteiger partial charge in [0.05, 0.1) is 19.7 Å². The van der Waals surface area contributed by atoms with Gasteiger partial charge in [-0.2, -0.15) is 0 Å². The lowest BCUT2D eigenvalue weighted by atomic mass is 10.4. The Labute approximate surface area is 94.8 Å². The molecule has 0 aliphatic carbocycles. The lowest BCUT2D eigenvalue weighted by Crippen LogP contribution is -2.31. The van der Waals surface area contributed by atoms with Crippen LogP contribution in [0.1, 0.15) is 5.76 Å². The monoisotopic (exact) mass is 283 g/mol. The summed E-state index contributed by atoms with van der Waals surface area (Å²) in [7, 11) is 0. The molecule has 86 valence electrons. The maximum absolute atomic E-state index is 12.2. The normalized spacial score (nSPS) is 11.6. The summed E-state index contributed by atoms with van der Waals surface area (Å²) in [5.41, 5.74) is 0. The Kier molecular flexibility index (Phi) is 5.21. The zero-order valence-corrected chi connectivity index (χ0v) is 9.58. The third-order valence-corrected chi connectivity index (χ3v) is 2.25. The van der Waals surface area contributed by atoms with Crippen molar-refractivity contribution in [2.24, 2.45) is 0 Å². The Hall–Kier alpha value is -0.460. The fraction of sp³-hybridized carbons (Fsp3) is 0.556. The molecule has 0 saturated carbocycles. The summed E-state index contributed by atoms with van der Waals surface area (Å²) < 4.78 is 30.1. The number of hydrogen-bond acceptors (Lipinski definition) is 3. The van der Waals surface area contributed by atoms with E-state index in [4.69, 9.17) is 9.52 Å². The van der Waals surface area contributed by atoms with Crippen LogP contribution in [-0.4, -0.2) is 36.1 Å². The van der Waals surface area contributed by atoms with Crippen LogP contribution in [0.25, 0.3) is 0 Å². The zero-order valence-electron chi connectivity index (χ0n) is 8.00. The molecule has 0 spiro atoms. The van der Waals surface area contributed by atoms with Crippen molar-refractivity contribution in [3.05, 3.63) is 22.6 Å². The van der Waals surface area contributed by atoms with Crippen LogP contribution in [0.2, 0.25) is 0 Å². The minimum Gasteiger partial charge on any atom is -0.453 e. The second-order valence-corrected chi connectivity index (χ2v) is 3.84. The van der Waals surface area contributed by atoms with Crippen LogP contribution in [0.15, 0.2) is 21.2 Å². The highest BCUT2D eigenvalue weighted by Crippen LogP contribution is 2.16. The highest BCUT2D eigenvalue weighted by Gasteiger charge is 2.13. The van der Waals surface area contributed by atoms with Crippen LogP contribution in [0.3, 0.4) is 0 Å². The summed E-state index contributed by atoms with van der Waals surface area (Å²) >= 11 is 3.13. The van der Waals surface area contributed by atoms with E-state index in [0.29, 0.717) is 10.4 Å². The van der Waals surface area contributed by atoms with Gasteiger partial charge >= 0.3 is 0 Å². The van der Waals surface area contributed by atoms with Gasteiger partial charge in [0, 0.05) is 6.54 Å². The third-order valence-electron chi connectivity index (χ3n) is 1.82. The Balaban J connectivity index is 2.50. The number of rotatable bonds is 6. The van der Waals surface area contributed by atoms with E-state index in [1.807, 2.05) is 0 Å². The smallest absolute Gasteiger partial charge is 0.251 e. The van der Waals surface area contributed by atoms with Gasteiger partial charge in [-0.3, -0.25) is 4.90 Å². The second kappa shape index (κ2) is 6.19. The molecular weight excluding hydrogens is 272 g/mol. The van der Waals surface area contributed by atoms with Crippen LogP contribution in [-0.2, 0) is 6.54 Å². The van der Waals surface area contributed by atoms with Crippen molar-refractivity contribution in [1.82, 2.24) is 4.90 Å². The fourth-order valence-corrected chi connectivity index (χ4v) is 1.57. The van der Waals surface area contributed by atoms with E-state index in [0.717, 1.165) is 0 Å². The standard InChI is InChI=1S/C9H12BrF2NO2/c10-8-2-1-7(15-8)5-13(3-4-14)6-9(11)12/h1-2,9,14H,3-6H2. The van der Waals surface area contributed by atoms with Crippen LogP contribution in [0.5, 0.6) is 0 Å². The van der Waals surface area contributed by atoms with E-state index in [9.17, 15) is 8.78 Å². The molecule has 0 bridgehead atoms.